The molecule has 0 bridgehead atoms. The maximum atomic E-state index is 5.74. The van der Waals surface area contributed by atoms with Crippen LogP contribution in [-0.4, -0.2) is 13.2 Å². The SMILES string of the molecule is CC(Sc1ccc2c(c1)OCCCO2)c1ccc(N)cc1. The van der Waals surface area contributed by atoms with Crippen molar-refractivity contribution in [2.45, 2.75) is 23.5 Å². The number of benzene rings is 2. The molecule has 0 aliphatic carbocycles. The topological polar surface area (TPSA) is 44.5 Å². The van der Waals surface area contributed by atoms with E-state index in [2.05, 4.69) is 31.2 Å². The first-order chi connectivity index (χ1) is 10.2. The van der Waals surface area contributed by atoms with Crippen LogP contribution >= 0.6 is 11.8 Å². The van der Waals surface area contributed by atoms with Gasteiger partial charge in [0.2, 0.25) is 0 Å². The first-order valence-electron chi connectivity index (χ1n) is 7.14. The minimum absolute atomic E-state index is 0.357. The van der Waals surface area contributed by atoms with Crippen molar-refractivity contribution in [1.82, 2.24) is 0 Å². The van der Waals surface area contributed by atoms with Crippen LogP contribution in [0.5, 0.6) is 11.5 Å². The number of rotatable bonds is 3. The molecule has 0 aromatic heterocycles. The molecule has 21 heavy (non-hydrogen) atoms. The molecular formula is C17H19NO2S. The zero-order valence-corrected chi connectivity index (χ0v) is 12.9. The van der Waals surface area contributed by atoms with Gasteiger partial charge < -0.3 is 15.2 Å². The van der Waals surface area contributed by atoms with Gasteiger partial charge in [-0.05, 0) is 42.8 Å². The molecule has 0 spiro atoms. The van der Waals surface area contributed by atoms with E-state index in [0.717, 1.165) is 30.2 Å². The Morgan fingerprint density at radius 2 is 1.71 bits per heavy atom. The number of nitrogen functional groups attached to an aromatic ring is 1. The monoisotopic (exact) mass is 301 g/mol. The fourth-order valence-corrected chi connectivity index (χ4v) is 3.28. The van der Waals surface area contributed by atoms with Gasteiger partial charge in [0.1, 0.15) is 0 Å². The summed E-state index contributed by atoms with van der Waals surface area (Å²) in [5.41, 5.74) is 7.80. The van der Waals surface area contributed by atoms with Crippen LogP contribution in [0.4, 0.5) is 5.69 Å². The standard InChI is InChI=1S/C17H19NO2S/c1-12(13-3-5-14(18)6-4-13)21-15-7-8-16-17(11-15)20-10-2-9-19-16/h3-8,11-12H,2,9-10,18H2,1H3. The third-order valence-corrected chi connectivity index (χ3v) is 4.59. The quantitative estimate of drug-likeness (QED) is 0.678. The zero-order valence-electron chi connectivity index (χ0n) is 12.0. The van der Waals surface area contributed by atoms with Crippen LogP contribution in [0, 0.1) is 0 Å². The second kappa shape index (κ2) is 6.31. The fraction of sp³-hybridized carbons (Fsp3) is 0.294. The van der Waals surface area contributed by atoms with Gasteiger partial charge in [-0.25, -0.2) is 0 Å². The van der Waals surface area contributed by atoms with E-state index in [4.69, 9.17) is 15.2 Å². The highest BCUT2D eigenvalue weighted by Crippen LogP contribution is 2.39. The van der Waals surface area contributed by atoms with E-state index in [1.165, 1.54) is 10.5 Å². The molecule has 1 unspecified atom stereocenters. The molecule has 0 saturated carbocycles. The summed E-state index contributed by atoms with van der Waals surface area (Å²) < 4.78 is 11.4. The maximum absolute atomic E-state index is 5.74. The lowest BCUT2D eigenvalue weighted by atomic mass is 10.1. The van der Waals surface area contributed by atoms with Crippen molar-refractivity contribution in [3.8, 4) is 11.5 Å². The Morgan fingerprint density at radius 1 is 1.00 bits per heavy atom. The van der Waals surface area contributed by atoms with E-state index in [1.54, 1.807) is 11.8 Å². The number of fused-ring (bicyclic) bond motifs is 1. The molecule has 1 aliphatic rings. The summed E-state index contributed by atoms with van der Waals surface area (Å²) in [5, 5.41) is 0.357. The van der Waals surface area contributed by atoms with Gasteiger partial charge in [0.15, 0.2) is 11.5 Å². The molecule has 0 saturated heterocycles. The van der Waals surface area contributed by atoms with Crippen molar-refractivity contribution in [1.29, 1.82) is 0 Å². The second-order valence-corrected chi connectivity index (χ2v) is 6.50. The van der Waals surface area contributed by atoms with Crippen molar-refractivity contribution in [3.05, 3.63) is 48.0 Å². The molecule has 0 fully saturated rings. The Hall–Kier alpha value is -1.81. The van der Waals surface area contributed by atoms with E-state index in [0.29, 0.717) is 11.9 Å². The highest BCUT2D eigenvalue weighted by molar-refractivity contribution is 7.99. The molecule has 2 aromatic rings. The predicted octanol–water partition coefficient (Wildman–Crippen LogP) is 4.28. The highest BCUT2D eigenvalue weighted by atomic mass is 32.2. The van der Waals surface area contributed by atoms with Gasteiger partial charge in [0.05, 0.1) is 13.2 Å². The number of ether oxygens (including phenoxy) is 2. The van der Waals surface area contributed by atoms with Crippen LogP contribution in [0.1, 0.15) is 24.2 Å². The van der Waals surface area contributed by atoms with Crippen molar-refractivity contribution < 1.29 is 9.47 Å². The van der Waals surface area contributed by atoms with Crippen LogP contribution in [0.25, 0.3) is 0 Å². The fourth-order valence-electron chi connectivity index (χ4n) is 2.26. The van der Waals surface area contributed by atoms with E-state index in [-0.39, 0.29) is 0 Å². The third-order valence-electron chi connectivity index (χ3n) is 3.44. The average molecular weight is 301 g/mol. The second-order valence-electron chi connectivity index (χ2n) is 5.09. The van der Waals surface area contributed by atoms with Gasteiger partial charge in [-0.15, -0.1) is 11.8 Å². The van der Waals surface area contributed by atoms with Crippen LogP contribution in [0.3, 0.4) is 0 Å². The molecular weight excluding hydrogens is 282 g/mol. The highest BCUT2D eigenvalue weighted by Gasteiger charge is 2.13. The van der Waals surface area contributed by atoms with Crippen molar-refractivity contribution in [2.75, 3.05) is 18.9 Å². The Labute approximate surface area is 129 Å². The Balaban J connectivity index is 1.75. The molecule has 3 rings (SSSR count). The maximum Gasteiger partial charge on any atom is 0.162 e. The van der Waals surface area contributed by atoms with Gasteiger partial charge in [0, 0.05) is 22.3 Å². The molecule has 4 heteroatoms. The number of anilines is 1. The summed E-state index contributed by atoms with van der Waals surface area (Å²) in [7, 11) is 0. The molecule has 1 aliphatic heterocycles. The van der Waals surface area contributed by atoms with Crippen LogP contribution in [-0.2, 0) is 0 Å². The molecule has 2 N–H and O–H groups in total. The predicted molar refractivity (Wildman–Crippen MR) is 87.2 cm³/mol. The molecule has 1 atom stereocenters. The largest absolute Gasteiger partial charge is 0.490 e. The van der Waals surface area contributed by atoms with Gasteiger partial charge >= 0.3 is 0 Å². The van der Waals surface area contributed by atoms with Crippen molar-refractivity contribution in [3.63, 3.8) is 0 Å². The molecule has 0 amide bonds. The minimum atomic E-state index is 0.357. The van der Waals surface area contributed by atoms with Crippen LogP contribution in [0.2, 0.25) is 0 Å². The third kappa shape index (κ3) is 3.45. The number of thioether (sulfide) groups is 1. The molecule has 3 nitrogen and oxygen atoms in total. The summed E-state index contributed by atoms with van der Waals surface area (Å²) in [5.74, 6) is 1.69. The zero-order chi connectivity index (χ0) is 14.7. The van der Waals surface area contributed by atoms with E-state index < -0.39 is 0 Å². The summed E-state index contributed by atoms with van der Waals surface area (Å²) in [6.07, 6.45) is 0.930. The molecule has 0 radical (unpaired) electrons. The lowest BCUT2D eigenvalue weighted by Gasteiger charge is -2.14. The lowest BCUT2D eigenvalue weighted by Crippen LogP contribution is -1.97. The normalized spacial score (nSPS) is 15.3. The van der Waals surface area contributed by atoms with Gasteiger partial charge in [-0.1, -0.05) is 12.1 Å². The Morgan fingerprint density at radius 3 is 2.48 bits per heavy atom. The molecule has 1 heterocycles. The van der Waals surface area contributed by atoms with Crippen molar-refractivity contribution >= 4 is 17.4 Å². The summed E-state index contributed by atoms with van der Waals surface area (Å²) in [4.78, 5) is 1.18. The minimum Gasteiger partial charge on any atom is -0.490 e. The van der Waals surface area contributed by atoms with E-state index in [1.807, 2.05) is 18.2 Å². The average Bonchev–Trinajstić information content (AvgIpc) is 2.72. The first kappa shape index (κ1) is 14.1. The van der Waals surface area contributed by atoms with Crippen molar-refractivity contribution in [2.24, 2.45) is 0 Å². The number of nitrogens with two attached hydrogens (primary N) is 1. The van der Waals surface area contributed by atoms with Crippen LogP contribution < -0.4 is 15.2 Å². The molecule has 110 valence electrons. The summed E-state index contributed by atoms with van der Waals surface area (Å²) in [6, 6.07) is 14.2. The number of hydrogen-bond acceptors (Lipinski definition) is 4. The Kier molecular flexibility index (Phi) is 4.25. The van der Waals surface area contributed by atoms with Crippen LogP contribution in [0.15, 0.2) is 47.4 Å². The number of hydrogen-bond donors (Lipinski definition) is 1. The Bertz CT molecular complexity index is 613. The van der Waals surface area contributed by atoms with E-state index in [9.17, 15) is 0 Å². The summed E-state index contributed by atoms with van der Waals surface area (Å²) in [6.45, 7) is 3.63. The smallest absolute Gasteiger partial charge is 0.162 e. The molecule has 2 aromatic carbocycles. The van der Waals surface area contributed by atoms with E-state index >= 15 is 0 Å². The van der Waals surface area contributed by atoms with Gasteiger partial charge in [-0.2, -0.15) is 0 Å². The first-order valence-corrected chi connectivity index (χ1v) is 8.02. The summed E-state index contributed by atoms with van der Waals surface area (Å²) >= 11 is 1.81. The van der Waals surface area contributed by atoms with Gasteiger partial charge in [0.25, 0.3) is 0 Å². The lowest BCUT2D eigenvalue weighted by molar-refractivity contribution is 0.297. The van der Waals surface area contributed by atoms with Gasteiger partial charge in [-0.3, -0.25) is 0 Å².